The predicted molar refractivity (Wildman–Crippen MR) is 30.6 cm³/mol. The van der Waals surface area contributed by atoms with E-state index in [-0.39, 0.29) is 5.75 Å². The van der Waals surface area contributed by atoms with Crippen molar-refractivity contribution in [3.63, 3.8) is 0 Å². The minimum atomic E-state index is -1.12. The van der Waals surface area contributed by atoms with Gasteiger partial charge < -0.3 is 15.8 Å². The number of quaternary nitrogens is 1. The SMILES string of the molecule is O=C(O)[C@H](CS)[NH2+][O-]. The van der Waals surface area contributed by atoms with Crippen LogP contribution in [0.5, 0.6) is 0 Å². The molecule has 8 heavy (non-hydrogen) atoms. The number of carboxylic acids is 1. The van der Waals surface area contributed by atoms with E-state index >= 15 is 0 Å². The smallest absolute Gasteiger partial charge is 0.363 e. The van der Waals surface area contributed by atoms with Crippen LogP contribution in [0.3, 0.4) is 0 Å². The van der Waals surface area contributed by atoms with Crippen LogP contribution in [0.1, 0.15) is 0 Å². The third-order valence-electron chi connectivity index (χ3n) is 0.678. The molecule has 0 aliphatic carbocycles. The number of hydrogen-bond acceptors (Lipinski definition) is 3. The van der Waals surface area contributed by atoms with Crippen LogP contribution >= 0.6 is 12.6 Å². The van der Waals surface area contributed by atoms with Crippen molar-refractivity contribution in [2.45, 2.75) is 6.04 Å². The van der Waals surface area contributed by atoms with Crippen molar-refractivity contribution >= 4 is 18.6 Å². The molecule has 0 spiro atoms. The summed E-state index contributed by atoms with van der Waals surface area (Å²) in [4.78, 5) is 9.88. The van der Waals surface area contributed by atoms with Gasteiger partial charge in [0.05, 0.1) is 5.75 Å². The van der Waals surface area contributed by atoms with Crippen molar-refractivity contribution in [2.24, 2.45) is 0 Å². The van der Waals surface area contributed by atoms with Crippen LogP contribution in [0.2, 0.25) is 0 Å². The van der Waals surface area contributed by atoms with Gasteiger partial charge in [0.25, 0.3) is 0 Å². The first-order chi connectivity index (χ1) is 3.72. The molecule has 5 heteroatoms. The van der Waals surface area contributed by atoms with Crippen LogP contribution in [0, 0.1) is 5.21 Å². The highest BCUT2D eigenvalue weighted by Crippen LogP contribution is 1.78. The fourth-order valence-electron chi connectivity index (χ4n) is 0.179. The Morgan fingerprint density at radius 1 is 2.00 bits per heavy atom. The quantitative estimate of drug-likeness (QED) is 0.325. The van der Waals surface area contributed by atoms with Crippen molar-refractivity contribution in [1.82, 2.24) is 0 Å². The van der Waals surface area contributed by atoms with Gasteiger partial charge in [-0.15, -0.1) is 0 Å². The van der Waals surface area contributed by atoms with Crippen LogP contribution in [0.4, 0.5) is 0 Å². The summed E-state index contributed by atoms with van der Waals surface area (Å²) in [6.07, 6.45) is 0. The minimum Gasteiger partial charge on any atom is -0.635 e. The predicted octanol–water partition coefficient (Wildman–Crippen LogP) is -1.57. The summed E-state index contributed by atoms with van der Waals surface area (Å²) in [6.45, 7) is 0. The molecule has 1 atom stereocenters. The standard InChI is InChI=1S/C3H7NO3S/c5-3(6)2(1-8)4-7/h2,8H,1,4H2,(H,5,6)/t2-/m0/s1. The van der Waals surface area contributed by atoms with Gasteiger partial charge in [0.1, 0.15) is 0 Å². The van der Waals surface area contributed by atoms with E-state index in [1.54, 1.807) is 0 Å². The van der Waals surface area contributed by atoms with E-state index in [1.165, 1.54) is 0 Å². The van der Waals surface area contributed by atoms with Gasteiger partial charge in [-0.25, -0.2) is 4.79 Å². The zero-order chi connectivity index (χ0) is 6.57. The number of thiol groups is 1. The normalized spacial score (nSPS) is 13.2. The summed E-state index contributed by atoms with van der Waals surface area (Å²) in [6, 6.07) is -0.946. The Labute approximate surface area is 51.9 Å². The first-order valence-corrected chi connectivity index (χ1v) is 2.64. The second kappa shape index (κ2) is 3.71. The Kier molecular flexibility index (Phi) is 3.59. The molecule has 0 aliphatic rings. The number of aliphatic carboxylic acids is 1. The second-order valence-corrected chi connectivity index (χ2v) is 1.63. The molecule has 0 radical (unpaired) electrons. The van der Waals surface area contributed by atoms with Gasteiger partial charge in [-0.2, -0.15) is 12.6 Å². The molecule has 0 aromatic heterocycles. The molecule has 0 aliphatic heterocycles. The third kappa shape index (κ3) is 2.15. The van der Waals surface area contributed by atoms with Crippen LogP contribution < -0.4 is 5.48 Å². The van der Waals surface area contributed by atoms with Gasteiger partial charge in [-0.05, 0) is 0 Å². The molecule has 0 amide bonds. The van der Waals surface area contributed by atoms with Gasteiger partial charge in [-0.1, -0.05) is 0 Å². The maximum Gasteiger partial charge on any atom is 0.363 e. The summed E-state index contributed by atoms with van der Waals surface area (Å²) in [5, 5.41) is 17.8. The molecule has 0 unspecified atom stereocenters. The monoisotopic (exact) mass is 137 g/mol. The van der Waals surface area contributed by atoms with Gasteiger partial charge >= 0.3 is 5.97 Å². The molecule has 3 N–H and O–H groups in total. The lowest BCUT2D eigenvalue weighted by atomic mass is 10.4. The Balaban J connectivity index is 3.52. The molecule has 0 heterocycles. The van der Waals surface area contributed by atoms with E-state index in [9.17, 15) is 10.0 Å². The topological polar surface area (TPSA) is 77.0 Å². The molecular formula is C3H7NO3S. The fraction of sp³-hybridized carbons (Fsp3) is 0.667. The zero-order valence-electron chi connectivity index (χ0n) is 4.07. The molecule has 0 bridgehead atoms. The second-order valence-electron chi connectivity index (χ2n) is 1.26. The van der Waals surface area contributed by atoms with E-state index < -0.39 is 12.0 Å². The van der Waals surface area contributed by atoms with E-state index in [4.69, 9.17) is 5.11 Å². The highest BCUT2D eigenvalue weighted by molar-refractivity contribution is 7.80. The van der Waals surface area contributed by atoms with Gasteiger partial charge in [0.2, 0.25) is 0 Å². The van der Waals surface area contributed by atoms with Crippen LogP contribution in [0.25, 0.3) is 0 Å². The van der Waals surface area contributed by atoms with E-state index in [1.807, 2.05) is 0 Å². The number of carboxylic acid groups (broad SMARTS) is 1. The summed E-state index contributed by atoms with van der Waals surface area (Å²) in [7, 11) is 0. The molecule has 0 rings (SSSR count). The number of hydroxylamine groups is 1. The van der Waals surface area contributed by atoms with E-state index in [2.05, 4.69) is 12.6 Å². The van der Waals surface area contributed by atoms with Crippen molar-refractivity contribution < 1.29 is 15.4 Å². The summed E-state index contributed by atoms with van der Waals surface area (Å²) < 4.78 is 0. The largest absolute Gasteiger partial charge is 0.635 e. The van der Waals surface area contributed by atoms with E-state index in [0.717, 1.165) is 0 Å². The number of rotatable bonds is 3. The Morgan fingerprint density at radius 3 is 2.50 bits per heavy atom. The molecule has 0 aromatic rings. The highest BCUT2D eigenvalue weighted by atomic mass is 32.1. The molecule has 48 valence electrons. The Hall–Kier alpha value is -0.260. The van der Waals surface area contributed by atoms with Crippen molar-refractivity contribution in [3.8, 4) is 0 Å². The van der Waals surface area contributed by atoms with Crippen molar-refractivity contribution in [2.75, 3.05) is 5.75 Å². The lowest BCUT2D eigenvalue weighted by Gasteiger charge is -2.07. The summed E-state index contributed by atoms with van der Waals surface area (Å²) in [5.74, 6) is -1.05. The van der Waals surface area contributed by atoms with Crippen LogP contribution in [-0.4, -0.2) is 22.9 Å². The molecule has 0 aromatic carbocycles. The summed E-state index contributed by atoms with van der Waals surface area (Å²) in [5.41, 5.74) is 0.370. The maximum absolute atomic E-state index is 9.88. The molecule has 0 saturated heterocycles. The minimum absolute atomic E-state index is 0.0683. The third-order valence-corrected chi connectivity index (χ3v) is 1.07. The van der Waals surface area contributed by atoms with Gasteiger partial charge in [0, 0.05) is 0 Å². The van der Waals surface area contributed by atoms with Gasteiger partial charge in [0.15, 0.2) is 6.04 Å². The molecular weight excluding hydrogens is 130 g/mol. The molecule has 0 saturated carbocycles. The molecule has 4 nitrogen and oxygen atoms in total. The zero-order valence-corrected chi connectivity index (χ0v) is 4.97. The van der Waals surface area contributed by atoms with Crippen LogP contribution in [0.15, 0.2) is 0 Å². The van der Waals surface area contributed by atoms with Gasteiger partial charge in [-0.3, -0.25) is 0 Å². The molecule has 0 fully saturated rings. The maximum atomic E-state index is 9.88. The summed E-state index contributed by atoms with van der Waals surface area (Å²) >= 11 is 3.62. The average molecular weight is 137 g/mol. The lowest BCUT2D eigenvalue weighted by Crippen LogP contribution is -2.87. The van der Waals surface area contributed by atoms with E-state index in [0.29, 0.717) is 5.48 Å². The number of hydrogen-bond donors (Lipinski definition) is 3. The Bertz CT molecular complexity index is 82.6. The average Bonchev–Trinajstić information content (AvgIpc) is 1.69. The van der Waals surface area contributed by atoms with Crippen molar-refractivity contribution in [1.29, 1.82) is 0 Å². The first-order valence-electron chi connectivity index (χ1n) is 2.01. The highest BCUT2D eigenvalue weighted by Gasteiger charge is 2.13. The number of carbonyl (C=O) groups is 1. The first kappa shape index (κ1) is 7.74. The fourth-order valence-corrected chi connectivity index (χ4v) is 0.422. The number of nitrogens with two attached hydrogens (primary N) is 1. The van der Waals surface area contributed by atoms with Crippen LogP contribution in [-0.2, 0) is 4.79 Å². The Morgan fingerprint density at radius 2 is 2.50 bits per heavy atom. The lowest BCUT2D eigenvalue weighted by molar-refractivity contribution is -0.610. The van der Waals surface area contributed by atoms with Crippen molar-refractivity contribution in [3.05, 3.63) is 5.21 Å².